The summed E-state index contributed by atoms with van der Waals surface area (Å²) < 4.78 is 5.25. The number of carboxylic acids is 2. The van der Waals surface area contributed by atoms with Gasteiger partial charge in [-0.25, -0.2) is 9.59 Å². The van der Waals surface area contributed by atoms with Crippen molar-refractivity contribution in [2.75, 3.05) is 13.2 Å². The van der Waals surface area contributed by atoms with Gasteiger partial charge in [0.25, 0.3) is 0 Å². The second kappa shape index (κ2) is 10.9. The highest BCUT2D eigenvalue weighted by molar-refractivity contribution is 6.27. The number of nitrogens with one attached hydrogen (secondary N) is 1. The number of aliphatic hydroxyl groups excluding tert-OH is 1. The van der Waals surface area contributed by atoms with E-state index in [1.54, 1.807) is 0 Å². The van der Waals surface area contributed by atoms with E-state index in [2.05, 4.69) is 19.2 Å². The lowest BCUT2D eigenvalue weighted by Gasteiger charge is -2.15. The predicted octanol–water partition coefficient (Wildman–Crippen LogP) is -0.0741. The maximum Gasteiger partial charge on any atom is 0.414 e. The van der Waals surface area contributed by atoms with Crippen molar-refractivity contribution in [2.24, 2.45) is 0 Å². The number of carboxylic acid groups (broad SMARTS) is 2. The van der Waals surface area contributed by atoms with Crippen molar-refractivity contribution < 1.29 is 29.6 Å². The number of ether oxygens (including phenoxy) is 1. The Balaban J connectivity index is 0. The molecule has 0 aliphatic carbocycles. The summed E-state index contributed by atoms with van der Waals surface area (Å²) in [5, 5.41) is 27.3. The van der Waals surface area contributed by atoms with Crippen LogP contribution in [0, 0.1) is 0 Å². The molecule has 7 nitrogen and oxygen atoms in total. The minimum Gasteiger partial charge on any atom is -0.473 e. The van der Waals surface area contributed by atoms with E-state index >= 15 is 0 Å². The molecular weight excluding hydrogens is 242 g/mol. The molecule has 0 fully saturated rings. The maximum atomic E-state index is 9.36. The Kier molecular flexibility index (Phi) is 11.7. The fourth-order valence-corrected chi connectivity index (χ4v) is 0.734. The SMILES string of the molecule is CC(C)NCC(O)COC(C)C.O=C(O)C(=O)O. The van der Waals surface area contributed by atoms with Crippen molar-refractivity contribution in [3.05, 3.63) is 0 Å². The number of rotatable bonds is 6. The highest BCUT2D eigenvalue weighted by atomic mass is 16.5. The molecule has 7 heteroatoms. The lowest BCUT2D eigenvalue weighted by molar-refractivity contribution is -0.159. The molecule has 0 spiro atoms. The van der Waals surface area contributed by atoms with Gasteiger partial charge in [0.1, 0.15) is 0 Å². The lowest BCUT2D eigenvalue weighted by atomic mass is 10.3. The largest absolute Gasteiger partial charge is 0.473 e. The Bertz CT molecular complexity index is 218. The zero-order valence-electron chi connectivity index (χ0n) is 11.2. The molecule has 0 rings (SSSR count). The molecule has 1 unspecified atom stereocenters. The molecule has 0 aliphatic heterocycles. The van der Waals surface area contributed by atoms with Crippen molar-refractivity contribution >= 4 is 11.9 Å². The van der Waals surface area contributed by atoms with E-state index in [4.69, 9.17) is 24.5 Å². The first-order valence-corrected chi connectivity index (χ1v) is 5.66. The van der Waals surface area contributed by atoms with Crippen molar-refractivity contribution in [3.63, 3.8) is 0 Å². The summed E-state index contributed by atoms with van der Waals surface area (Å²) in [7, 11) is 0. The Morgan fingerprint density at radius 3 is 1.83 bits per heavy atom. The average Bonchev–Trinajstić information content (AvgIpc) is 2.24. The van der Waals surface area contributed by atoms with Crippen LogP contribution in [0.1, 0.15) is 27.7 Å². The van der Waals surface area contributed by atoms with Crippen LogP contribution in [-0.4, -0.2) is 58.7 Å². The van der Waals surface area contributed by atoms with E-state index in [0.717, 1.165) is 0 Å². The molecule has 0 aliphatic rings. The van der Waals surface area contributed by atoms with Gasteiger partial charge < -0.3 is 25.4 Å². The molecular formula is C11H23NO6. The molecule has 0 aromatic carbocycles. The first kappa shape index (κ1) is 19.2. The fraction of sp³-hybridized carbons (Fsp3) is 0.818. The first-order valence-electron chi connectivity index (χ1n) is 5.66. The average molecular weight is 265 g/mol. The molecule has 18 heavy (non-hydrogen) atoms. The van der Waals surface area contributed by atoms with Gasteiger partial charge in [0.2, 0.25) is 0 Å². The second-order valence-electron chi connectivity index (χ2n) is 4.21. The molecule has 1 atom stereocenters. The minimum absolute atomic E-state index is 0.193. The number of aliphatic carboxylic acids is 2. The van der Waals surface area contributed by atoms with Crippen LogP contribution in [0.25, 0.3) is 0 Å². The monoisotopic (exact) mass is 265 g/mol. The van der Waals surface area contributed by atoms with E-state index in [-0.39, 0.29) is 6.10 Å². The van der Waals surface area contributed by atoms with Gasteiger partial charge in [-0.1, -0.05) is 13.8 Å². The molecule has 0 amide bonds. The minimum atomic E-state index is -1.82. The third-order valence-electron chi connectivity index (χ3n) is 1.57. The van der Waals surface area contributed by atoms with Crippen LogP contribution in [0.4, 0.5) is 0 Å². The van der Waals surface area contributed by atoms with Gasteiger partial charge in [-0.3, -0.25) is 0 Å². The Labute approximate surface area is 107 Å². The Morgan fingerprint density at radius 2 is 1.56 bits per heavy atom. The van der Waals surface area contributed by atoms with Crippen LogP contribution in [0.5, 0.6) is 0 Å². The molecule has 0 aromatic rings. The fourth-order valence-electron chi connectivity index (χ4n) is 0.734. The van der Waals surface area contributed by atoms with E-state index < -0.39 is 18.0 Å². The molecule has 0 heterocycles. The Hall–Kier alpha value is -1.18. The predicted molar refractivity (Wildman–Crippen MR) is 65.5 cm³/mol. The van der Waals surface area contributed by atoms with Crippen LogP contribution >= 0.6 is 0 Å². The summed E-state index contributed by atoms with van der Waals surface area (Å²) in [6, 6.07) is 0.415. The molecule has 0 aromatic heterocycles. The van der Waals surface area contributed by atoms with Gasteiger partial charge in [0.15, 0.2) is 0 Å². The van der Waals surface area contributed by atoms with Crippen molar-refractivity contribution in [2.45, 2.75) is 45.9 Å². The van der Waals surface area contributed by atoms with Crippen LogP contribution in [-0.2, 0) is 14.3 Å². The highest BCUT2D eigenvalue weighted by Gasteiger charge is 2.05. The summed E-state index contributed by atoms with van der Waals surface area (Å²) in [5.74, 6) is -3.65. The van der Waals surface area contributed by atoms with Gasteiger partial charge in [0, 0.05) is 12.6 Å². The van der Waals surface area contributed by atoms with E-state index in [9.17, 15) is 5.11 Å². The van der Waals surface area contributed by atoms with Crippen LogP contribution in [0.3, 0.4) is 0 Å². The maximum absolute atomic E-state index is 9.36. The van der Waals surface area contributed by atoms with Gasteiger partial charge in [-0.2, -0.15) is 0 Å². The first-order chi connectivity index (χ1) is 8.16. The number of aliphatic hydroxyl groups is 1. The van der Waals surface area contributed by atoms with Crippen LogP contribution < -0.4 is 5.32 Å². The van der Waals surface area contributed by atoms with Crippen molar-refractivity contribution in [1.29, 1.82) is 0 Å². The van der Waals surface area contributed by atoms with E-state index in [1.807, 2.05) is 13.8 Å². The van der Waals surface area contributed by atoms with Crippen molar-refractivity contribution in [3.8, 4) is 0 Å². The summed E-state index contributed by atoms with van der Waals surface area (Å²) in [6.45, 7) is 9.04. The zero-order chi connectivity index (χ0) is 14.7. The van der Waals surface area contributed by atoms with Crippen LogP contribution in [0.2, 0.25) is 0 Å². The summed E-state index contributed by atoms with van der Waals surface area (Å²) in [4.78, 5) is 18.2. The number of carbonyl (C=O) groups is 2. The molecule has 0 saturated heterocycles. The van der Waals surface area contributed by atoms with Crippen molar-refractivity contribution in [1.82, 2.24) is 5.32 Å². The van der Waals surface area contributed by atoms with Gasteiger partial charge in [0.05, 0.1) is 18.8 Å². The molecule has 0 bridgehead atoms. The summed E-state index contributed by atoms with van der Waals surface area (Å²) in [6.07, 6.45) is -0.200. The van der Waals surface area contributed by atoms with E-state index in [1.165, 1.54) is 0 Å². The molecule has 108 valence electrons. The molecule has 0 radical (unpaired) electrons. The lowest BCUT2D eigenvalue weighted by Crippen LogP contribution is -2.34. The second-order valence-corrected chi connectivity index (χ2v) is 4.21. The topological polar surface area (TPSA) is 116 Å². The summed E-state index contributed by atoms with van der Waals surface area (Å²) in [5.41, 5.74) is 0. The van der Waals surface area contributed by atoms with Crippen LogP contribution in [0.15, 0.2) is 0 Å². The highest BCUT2D eigenvalue weighted by Crippen LogP contribution is 1.91. The normalized spacial score (nSPS) is 11.9. The third-order valence-corrected chi connectivity index (χ3v) is 1.57. The molecule has 4 N–H and O–H groups in total. The zero-order valence-corrected chi connectivity index (χ0v) is 11.2. The van der Waals surface area contributed by atoms with Gasteiger partial charge in [-0.05, 0) is 13.8 Å². The van der Waals surface area contributed by atoms with Gasteiger partial charge >= 0.3 is 11.9 Å². The van der Waals surface area contributed by atoms with E-state index in [0.29, 0.717) is 19.2 Å². The summed E-state index contributed by atoms with van der Waals surface area (Å²) >= 11 is 0. The standard InChI is InChI=1S/C9H21NO2.C2H2O4/c1-7(2)10-5-9(11)6-12-8(3)4;3-1(4)2(5)6/h7-11H,5-6H2,1-4H3;(H,3,4)(H,5,6). The number of hydrogen-bond donors (Lipinski definition) is 4. The smallest absolute Gasteiger partial charge is 0.414 e. The quantitative estimate of drug-likeness (QED) is 0.496. The third kappa shape index (κ3) is 17.2. The molecule has 0 saturated carbocycles. The Morgan fingerprint density at radius 1 is 1.11 bits per heavy atom. The number of hydrogen-bond acceptors (Lipinski definition) is 5. The van der Waals surface area contributed by atoms with Gasteiger partial charge in [-0.15, -0.1) is 0 Å².